The summed E-state index contributed by atoms with van der Waals surface area (Å²) in [6.07, 6.45) is 2.80. The zero-order valence-electron chi connectivity index (χ0n) is 12.1. The number of benzene rings is 1. The standard InChI is InChI=1S/C16H23NO2/c1-4-15(18)13-6-8-14(9-7-13)17-11-5-10-16(2,12-17)19-3/h6-9H,4-5,10-12H2,1-3H3. The second kappa shape index (κ2) is 5.74. The number of ether oxygens (including phenoxy) is 1. The van der Waals surface area contributed by atoms with E-state index in [0.717, 1.165) is 31.5 Å². The molecule has 0 aromatic heterocycles. The maximum atomic E-state index is 11.6. The number of carbonyl (C=O) groups is 1. The Morgan fingerprint density at radius 3 is 2.63 bits per heavy atom. The molecule has 3 heteroatoms. The highest BCUT2D eigenvalue weighted by Crippen LogP contribution is 2.28. The van der Waals surface area contributed by atoms with E-state index in [1.165, 1.54) is 5.69 Å². The minimum Gasteiger partial charge on any atom is -0.377 e. The first-order valence-corrected chi connectivity index (χ1v) is 7.01. The fourth-order valence-corrected chi connectivity index (χ4v) is 2.65. The van der Waals surface area contributed by atoms with E-state index >= 15 is 0 Å². The number of ketones is 1. The Morgan fingerprint density at radius 2 is 2.05 bits per heavy atom. The molecule has 1 unspecified atom stereocenters. The molecule has 1 aliphatic heterocycles. The average molecular weight is 261 g/mol. The molecule has 1 fully saturated rings. The molecule has 1 aliphatic rings. The van der Waals surface area contributed by atoms with Crippen molar-refractivity contribution in [3.63, 3.8) is 0 Å². The Balaban J connectivity index is 2.12. The van der Waals surface area contributed by atoms with Gasteiger partial charge in [-0.3, -0.25) is 4.79 Å². The van der Waals surface area contributed by atoms with Crippen LogP contribution in [0.15, 0.2) is 24.3 Å². The van der Waals surface area contributed by atoms with Crippen molar-refractivity contribution < 1.29 is 9.53 Å². The lowest BCUT2D eigenvalue weighted by molar-refractivity contribution is -0.00465. The lowest BCUT2D eigenvalue weighted by Crippen LogP contribution is -2.47. The van der Waals surface area contributed by atoms with Gasteiger partial charge in [-0.25, -0.2) is 0 Å². The Labute approximate surface area is 115 Å². The highest BCUT2D eigenvalue weighted by Gasteiger charge is 2.30. The molecule has 1 atom stereocenters. The molecule has 19 heavy (non-hydrogen) atoms. The SMILES string of the molecule is CCC(=O)c1ccc(N2CCCC(C)(OC)C2)cc1. The maximum Gasteiger partial charge on any atom is 0.162 e. The minimum atomic E-state index is -0.0594. The van der Waals surface area contributed by atoms with Crippen molar-refractivity contribution in [2.45, 2.75) is 38.7 Å². The Kier molecular flexibility index (Phi) is 4.25. The summed E-state index contributed by atoms with van der Waals surface area (Å²) in [6, 6.07) is 7.95. The van der Waals surface area contributed by atoms with Crippen LogP contribution in [0.4, 0.5) is 5.69 Å². The molecule has 104 valence electrons. The van der Waals surface area contributed by atoms with Gasteiger partial charge in [0.2, 0.25) is 0 Å². The van der Waals surface area contributed by atoms with Crippen molar-refractivity contribution in [3.8, 4) is 0 Å². The van der Waals surface area contributed by atoms with E-state index in [9.17, 15) is 4.79 Å². The van der Waals surface area contributed by atoms with E-state index < -0.39 is 0 Å². The number of methoxy groups -OCH3 is 1. The lowest BCUT2D eigenvalue weighted by atomic mass is 9.94. The van der Waals surface area contributed by atoms with Crippen LogP contribution in [0.25, 0.3) is 0 Å². The molecule has 1 heterocycles. The second-order valence-corrected chi connectivity index (χ2v) is 5.50. The number of hydrogen-bond acceptors (Lipinski definition) is 3. The molecule has 0 amide bonds. The topological polar surface area (TPSA) is 29.5 Å². The Morgan fingerprint density at radius 1 is 1.37 bits per heavy atom. The van der Waals surface area contributed by atoms with E-state index in [-0.39, 0.29) is 11.4 Å². The van der Waals surface area contributed by atoms with Gasteiger partial charge in [-0.1, -0.05) is 6.92 Å². The number of piperidine rings is 1. The van der Waals surface area contributed by atoms with Crippen LogP contribution >= 0.6 is 0 Å². The number of hydrogen-bond donors (Lipinski definition) is 0. The van der Waals surface area contributed by atoms with Gasteiger partial charge in [-0.2, -0.15) is 0 Å². The fraction of sp³-hybridized carbons (Fsp3) is 0.562. The van der Waals surface area contributed by atoms with Crippen LogP contribution in [0.5, 0.6) is 0 Å². The highest BCUT2D eigenvalue weighted by atomic mass is 16.5. The van der Waals surface area contributed by atoms with Crippen molar-refractivity contribution in [1.29, 1.82) is 0 Å². The molecular weight excluding hydrogens is 238 g/mol. The summed E-state index contributed by atoms with van der Waals surface area (Å²) in [5.74, 6) is 0.201. The summed E-state index contributed by atoms with van der Waals surface area (Å²) in [5, 5.41) is 0. The summed E-state index contributed by atoms with van der Waals surface area (Å²) < 4.78 is 5.61. The molecule has 1 aromatic rings. The molecule has 0 aliphatic carbocycles. The monoisotopic (exact) mass is 261 g/mol. The van der Waals surface area contributed by atoms with Gasteiger partial charge in [0.25, 0.3) is 0 Å². The van der Waals surface area contributed by atoms with E-state index in [4.69, 9.17) is 4.74 Å². The van der Waals surface area contributed by atoms with Crippen LogP contribution in [0.2, 0.25) is 0 Å². The molecule has 0 radical (unpaired) electrons. The van der Waals surface area contributed by atoms with Crippen LogP contribution in [0.3, 0.4) is 0 Å². The van der Waals surface area contributed by atoms with Crippen molar-refractivity contribution in [3.05, 3.63) is 29.8 Å². The van der Waals surface area contributed by atoms with Gasteiger partial charge in [0.1, 0.15) is 0 Å². The maximum absolute atomic E-state index is 11.6. The first kappa shape index (κ1) is 14.1. The van der Waals surface area contributed by atoms with Crippen LogP contribution in [0.1, 0.15) is 43.5 Å². The summed E-state index contributed by atoms with van der Waals surface area (Å²) in [5.41, 5.74) is 1.92. The largest absolute Gasteiger partial charge is 0.377 e. The van der Waals surface area contributed by atoms with Crippen LogP contribution in [0, 0.1) is 0 Å². The average Bonchev–Trinajstić information content (AvgIpc) is 2.46. The molecular formula is C16H23NO2. The first-order chi connectivity index (χ1) is 9.08. The van der Waals surface area contributed by atoms with Gasteiger partial charge >= 0.3 is 0 Å². The molecule has 2 rings (SSSR count). The summed E-state index contributed by atoms with van der Waals surface area (Å²) >= 11 is 0. The predicted octanol–water partition coefficient (Wildman–Crippen LogP) is 3.28. The summed E-state index contributed by atoms with van der Waals surface area (Å²) in [7, 11) is 1.78. The van der Waals surface area contributed by atoms with Gasteiger partial charge in [-0.05, 0) is 44.0 Å². The molecule has 1 aromatic carbocycles. The van der Waals surface area contributed by atoms with Gasteiger partial charge in [0, 0.05) is 37.9 Å². The van der Waals surface area contributed by atoms with Crippen LogP contribution in [-0.2, 0) is 4.74 Å². The molecule has 1 saturated heterocycles. The van der Waals surface area contributed by atoms with Crippen LogP contribution in [-0.4, -0.2) is 31.6 Å². The second-order valence-electron chi connectivity index (χ2n) is 5.50. The normalized spacial score (nSPS) is 23.4. The summed E-state index contributed by atoms with van der Waals surface area (Å²) in [6.45, 7) is 6.02. The number of Topliss-reactive ketones (excluding diaryl/α,β-unsaturated/α-hetero) is 1. The fourth-order valence-electron chi connectivity index (χ4n) is 2.65. The molecule has 3 nitrogen and oxygen atoms in total. The van der Waals surface area contributed by atoms with Crippen molar-refractivity contribution in [2.24, 2.45) is 0 Å². The third-order valence-corrected chi connectivity index (χ3v) is 4.03. The smallest absolute Gasteiger partial charge is 0.162 e. The predicted molar refractivity (Wildman–Crippen MR) is 77.9 cm³/mol. The van der Waals surface area contributed by atoms with E-state index in [1.807, 2.05) is 31.2 Å². The first-order valence-electron chi connectivity index (χ1n) is 7.01. The molecule has 0 saturated carbocycles. The van der Waals surface area contributed by atoms with Gasteiger partial charge in [-0.15, -0.1) is 0 Å². The highest BCUT2D eigenvalue weighted by molar-refractivity contribution is 5.96. The van der Waals surface area contributed by atoms with Crippen molar-refractivity contribution in [1.82, 2.24) is 0 Å². The van der Waals surface area contributed by atoms with Crippen LogP contribution < -0.4 is 4.90 Å². The molecule has 0 N–H and O–H groups in total. The van der Waals surface area contributed by atoms with E-state index in [2.05, 4.69) is 11.8 Å². The number of carbonyl (C=O) groups excluding carboxylic acids is 1. The third-order valence-electron chi connectivity index (χ3n) is 4.03. The molecule has 0 spiro atoms. The van der Waals surface area contributed by atoms with E-state index in [0.29, 0.717) is 6.42 Å². The van der Waals surface area contributed by atoms with Gasteiger partial charge in [0.05, 0.1) is 5.60 Å². The Hall–Kier alpha value is -1.35. The lowest BCUT2D eigenvalue weighted by Gasteiger charge is -2.40. The zero-order valence-corrected chi connectivity index (χ0v) is 12.1. The molecule has 0 bridgehead atoms. The quantitative estimate of drug-likeness (QED) is 0.779. The number of nitrogens with zero attached hydrogens (tertiary/aromatic N) is 1. The van der Waals surface area contributed by atoms with Gasteiger partial charge < -0.3 is 9.64 Å². The Bertz CT molecular complexity index is 441. The van der Waals surface area contributed by atoms with E-state index in [1.54, 1.807) is 7.11 Å². The number of anilines is 1. The zero-order chi connectivity index (χ0) is 13.9. The van der Waals surface area contributed by atoms with Gasteiger partial charge in [0.15, 0.2) is 5.78 Å². The number of rotatable bonds is 4. The third kappa shape index (κ3) is 3.16. The van der Waals surface area contributed by atoms with Crippen molar-refractivity contribution >= 4 is 11.5 Å². The summed E-state index contributed by atoms with van der Waals surface area (Å²) in [4.78, 5) is 14.0. The van der Waals surface area contributed by atoms with Crippen molar-refractivity contribution in [2.75, 3.05) is 25.1 Å². The minimum absolute atomic E-state index is 0.0594.